The molecule has 2 aliphatic carbocycles. The van der Waals surface area contributed by atoms with E-state index in [-0.39, 0.29) is 5.25 Å². The monoisotopic (exact) mass is 385 g/mol. The van der Waals surface area contributed by atoms with E-state index in [9.17, 15) is 8.42 Å². The van der Waals surface area contributed by atoms with Crippen LogP contribution in [0.4, 0.5) is 0 Å². The third-order valence-corrected chi connectivity index (χ3v) is 10.1. The van der Waals surface area contributed by atoms with Crippen molar-refractivity contribution in [3.8, 4) is 0 Å². The quantitative estimate of drug-likeness (QED) is 0.535. The average molecular weight is 385 g/mol. The number of hydrogen-bond donors (Lipinski definition) is 0. The molecule has 18 heavy (non-hydrogen) atoms. The zero-order valence-electron chi connectivity index (χ0n) is 11.1. The van der Waals surface area contributed by atoms with Gasteiger partial charge in [0.25, 0.3) is 10.0 Å². The zero-order valence-corrected chi connectivity index (χ0v) is 14.1. The minimum atomic E-state index is -3.13. The smallest absolute Gasteiger partial charge is 0.204 e. The first-order chi connectivity index (χ1) is 8.58. The maximum Gasteiger partial charge on any atom is 0.260 e. The summed E-state index contributed by atoms with van der Waals surface area (Å²) < 4.78 is 29.2. The fraction of sp³-hybridized carbons (Fsp3) is 1.00. The Morgan fingerprint density at radius 2 is 1.56 bits per heavy atom. The highest BCUT2D eigenvalue weighted by Crippen LogP contribution is 2.33. The van der Waals surface area contributed by atoms with Gasteiger partial charge < -0.3 is 0 Å². The van der Waals surface area contributed by atoms with Gasteiger partial charge in [-0.3, -0.25) is 0 Å². The number of sulfonamides is 1. The lowest BCUT2D eigenvalue weighted by Gasteiger charge is -2.24. The second-order valence-electron chi connectivity index (χ2n) is 5.80. The van der Waals surface area contributed by atoms with Crippen LogP contribution in [0.3, 0.4) is 0 Å². The van der Waals surface area contributed by atoms with E-state index in [0.29, 0.717) is 9.84 Å². The second kappa shape index (κ2) is 6.77. The van der Waals surface area contributed by atoms with Gasteiger partial charge in [-0.1, -0.05) is 26.2 Å². The molecule has 0 radical (unpaired) electrons. The summed E-state index contributed by atoms with van der Waals surface area (Å²) in [6.07, 6.45) is 10.1. The molecule has 0 atom stereocenters. The predicted octanol–water partition coefficient (Wildman–Crippen LogP) is 4.38. The Hall–Kier alpha value is 0.480. The van der Waals surface area contributed by atoms with Crippen LogP contribution in [0.1, 0.15) is 64.7 Å². The largest absolute Gasteiger partial charge is 0.260 e. The molecule has 0 bridgehead atoms. The SMILES string of the molecule is CC1CCC(S(=O)(=O)N=IC2CCCCC2)CC1. The Balaban J connectivity index is 1.91. The minimum absolute atomic E-state index is 0.156. The van der Waals surface area contributed by atoms with Crippen molar-refractivity contribution < 1.29 is 8.42 Å². The molecule has 0 aromatic heterocycles. The van der Waals surface area contributed by atoms with Gasteiger partial charge in [-0.15, -0.1) is 2.55 Å². The van der Waals surface area contributed by atoms with E-state index in [4.69, 9.17) is 0 Å². The maximum atomic E-state index is 12.2. The molecule has 0 aromatic rings. The van der Waals surface area contributed by atoms with Crippen LogP contribution in [0, 0.1) is 5.92 Å². The van der Waals surface area contributed by atoms with Crippen molar-refractivity contribution in [1.29, 1.82) is 0 Å². The summed E-state index contributed by atoms with van der Waals surface area (Å²) in [5, 5.41) is -0.156. The van der Waals surface area contributed by atoms with E-state index in [0.717, 1.165) is 25.7 Å². The van der Waals surface area contributed by atoms with Crippen molar-refractivity contribution in [3.05, 3.63) is 0 Å². The fourth-order valence-electron chi connectivity index (χ4n) is 2.85. The van der Waals surface area contributed by atoms with E-state index in [1.165, 1.54) is 32.1 Å². The molecule has 0 spiro atoms. The Morgan fingerprint density at radius 3 is 2.17 bits per heavy atom. The number of halogens is 1. The van der Waals surface area contributed by atoms with Crippen molar-refractivity contribution in [3.63, 3.8) is 0 Å². The first-order valence-electron chi connectivity index (χ1n) is 7.17. The van der Waals surface area contributed by atoms with Gasteiger partial charge in [-0.05, 0) is 44.4 Å². The number of hydrogen-bond acceptors (Lipinski definition) is 2. The summed E-state index contributed by atoms with van der Waals surface area (Å²) in [6, 6.07) is 0. The van der Waals surface area contributed by atoms with Crippen LogP contribution in [-0.2, 0) is 10.0 Å². The van der Waals surface area contributed by atoms with E-state index in [2.05, 4.69) is 9.47 Å². The molecule has 0 aliphatic heterocycles. The Labute approximate surface area is 121 Å². The highest BCUT2D eigenvalue weighted by atomic mass is 127. The summed E-state index contributed by atoms with van der Waals surface area (Å²) in [4.78, 5) is 0. The zero-order chi connectivity index (χ0) is 13.0. The van der Waals surface area contributed by atoms with Crippen molar-refractivity contribution in [2.24, 2.45) is 8.47 Å². The van der Waals surface area contributed by atoms with E-state index in [1.54, 1.807) is 0 Å². The van der Waals surface area contributed by atoms with Gasteiger partial charge >= 0.3 is 0 Å². The molecule has 0 N–H and O–H groups in total. The molecule has 0 amide bonds. The molecule has 2 rings (SSSR count). The molecule has 2 fully saturated rings. The van der Waals surface area contributed by atoms with E-state index < -0.39 is 31.1 Å². The first-order valence-corrected chi connectivity index (χ1v) is 10.9. The van der Waals surface area contributed by atoms with Gasteiger partial charge in [0.15, 0.2) is 0 Å². The molecule has 0 aromatic carbocycles. The van der Waals surface area contributed by atoms with Gasteiger partial charge in [-0.2, -0.15) is 0 Å². The maximum absolute atomic E-state index is 12.2. The molecule has 0 heterocycles. The first kappa shape index (κ1) is 14.9. The molecule has 5 heteroatoms. The summed E-state index contributed by atoms with van der Waals surface area (Å²) in [7, 11) is -3.13. The third kappa shape index (κ3) is 4.25. The van der Waals surface area contributed by atoms with Gasteiger partial charge in [0.2, 0.25) is 0 Å². The van der Waals surface area contributed by atoms with E-state index >= 15 is 0 Å². The normalized spacial score (nSPS) is 32.3. The molecular weight excluding hydrogens is 361 g/mol. The van der Waals surface area contributed by atoms with Crippen LogP contribution in [0.15, 0.2) is 2.55 Å². The van der Waals surface area contributed by atoms with Crippen LogP contribution in [-0.4, -0.2) is 17.6 Å². The lowest BCUT2D eigenvalue weighted by molar-refractivity contribution is 0.383. The number of nitrogens with zero attached hydrogens (tertiary/aromatic N) is 1. The highest BCUT2D eigenvalue weighted by Gasteiger charge is 2.29. The molecule has 0 unspecified atom stereocenters. The lowest BCUT2D eigenvalue weighted by Crippen LogP contribution is -2.24. The summed E-state index contributed by atoms with van der Waals surface area (Å²) in [5.41, 5.74) is 0. The van der Waals surface area contributed by atoms with E-state index in [1.807, 2.05) is 0 Å². The van der Waals surface area contributed by atoms with Crippen LogP contribution in [0.25, 0.3) is 0 Å². The molecule has 0 saturated heterocycles. The summed E-state index contributed by atoms with van der Waals surface area (Å²) in [5.74, 6) is 0.699. The third-order valence-electron chi connectivity index (χ3n) is 4.19. The van der Waals surface area contributed by atoms with Crippen molar-refractivity contribution in [2.45, 2.75) is 73.9 Å². The predicted molar refractivity (Wildman–Crippen MR) is 83.7 cm³/mol. The highest BCUT2D eigenvalue weighted by molar-refractivity contribution is 14.2. The molecule has 3 nitrogen and oxygen atoms in total. The van der Waals surface area contributed by atoms with Crippen LogP contribution >= 0.6 is 21.0 Å². The van der Waals surface area contributed by atoms with Crippen molar-refractivity contribution in [1.82, 2.24) is 0 Å². The van der Waals surface area contributed by atoms with Gasteiger partial charge in [0.1, 0.15) is 0 Å². The average Bonchev–Trinajstić information content (AvgIpc) is 2.38. The second-order valence-corrected chi connectivity index (χ2v) is 11.1. The van der Waals surface area contributed by atoms with Gasteiger partial charge in [0.05, 0.1) is 5.25 Å². The molecule has 106 valence electrons. The minimum Gasteiger partial charge on any atom is -0.204 e. The Kier molecular flexibility index (Phi) is 5.60. The molecule has 2 saturated carbocycles. The summed E-state index contributed by atoms with van der Waals surface area (Å²) >= 11 is -0.487. The van der Waals surface area contributed by atoms with Gasteiger partial charge in [0, 0.05) is 25.0 Å². The van der Waals surface area contributed by atoms with Crippen molar-refractivity contribution in [2.75, 3.05) is 0 Å². The Morgan fingerprint density at radius 1 is 0.944 bits per heavy atom. The van der Waals surface area contributed by atoms with Crippen LogP contribution < -0.4 is 0 Å². The number of rotatable bonds is 3. The van der Waals surface area contributed by atoms with Crippen molar-refractivity contribution >= 4 is 31.1 Å². The van der Waals surface area contributed by atoms with Crippen LogP contribution in [0.5, 0.6) is 0 Å². The van der Waals surface area contributed by atoms with Crippen LogP contribution in [0.2, 0.25) is 0 Å². The fourth-order valence-corrected chi connectivity index (χ4v) is 8.37. The molecule has 2 aliphatic rings. The Bertz CT molecular complexity index is 380. The lowest BCUT2D eigenvalue weighted by atomic mass is 9.91. The molecular formula is C13H24INO2S. The standard InChI is InChI=1S/C13H24INO2S/c1-11-7-9-13(10-8-11)18(16,17)15-14-12-5-3-2-4-6-12/h11-13H,2-10H2,1H3. The summed E-state index contributed by atoms with van der Waals surface area (Å²) in [6.45, 7) is 2.22. The topological polar surface area (TPSA) is 46.5 Å². The van der Waals surface area contributed by atoms with Gasteiger partial charge in [-0.25, -0.2) is 8.42 Å². The number of alkyl halides is 1.